The fourth-order valence-corrected chi connectivity index (χ4v) is 4.01. The summed E-state index contributed by atoms with van der Waals surface area (Å²) in [5, 5.41) is 8.75. The van der Waals surface area contributed by atoms with Crippen LogP contribution in [0.1, 0.15) is 44.4 Å². The molecule has 1 unspecified atom stereocenters. The molecule has 2 aromatic carbocycles. The highest BCUT2D eigenvalue weighted by molar-refractivity contribution is 6.03. The van der Waals surface area contributed by atoms with E-state index in [2.05, 4.69) is 10.4 Å². The summed E-state index contributed by atoms with van der Waals surface area (Å²) in [4.78, 5) is 27.9. The Morgan fingerprint density at radius 1 is 1.11 bits per heavy atom. The van der Waals surface area contributed by atoms with Crippen molar-refractivity contribution in [3.8, 4) is 11.5 Å². The lowest BCUT2D eigenvalue weighted by Gasteiger charge is -2.30. The van der Waals surface area contributed by atoms with Gasteiger partial charge in [-0.2, -0.15) is 5.10 Å². The molecular formula is C27H35FN4O5. The number of hydrogen-bond donors (Lipinski definition) is 1. The molecule has 0 bridgehead atoms. The van der Waals surface area contributed by atoms with Gasteiger partial charge in [0.1, 0.15) is 12.4 Å². The molecule has 2 aromatic rings. The second-order valence-corrected chi connectivity index (χ2v) is 9.69. The molecule has 9 nitrogen and oxygen atoms in total. The van der Waals surface area contributed by atoms with E-state index in [0.717, 1.165) is 5.56 Å². The average molecular weight is 515 g/mol. The van der Waals surface area contributed by atoms with Crippen LogP contribution in [-0.2, 0) is 9.53 Å². The van der Waals surface area contributed by atoms with Gasteiger partial charge in [-0.25, -0.2) is 14.2 Å². The lowest BCUT2D eigenvalue weighted by atomic mass is 9.97. The number of nitrogens with one attached hydrogen (secondary N) is 1. The number of methoxy groups -OCH3 is 3. The Morgan fingerprint density at radius 2 is 1.81 bits per heavy atom. The number of carbonyl (C=O) groups excluding carboxylic acids is 2. The highest BCUT2D eigenvalue weighted by atomic mass is 19.1. The van der Waals surface area contributed by atoms with Crippen molar-refractivity contribution in [3.63, 3.8) is 0 Å². The SMILES string of the molecule is COCCN(CC(=O)N1N=C(c2ccccc2F)CC1c1ccc(OC)c(OC)c1)C(=O)NC(C)(C)C. The van der Waals surface area contributed by atoms with Gasteiger partial charge in [0.15, 0.2) is 11.5 Å². The molecule has 1 aliphatic heterocycles. The Hall–Kier alpha value is -3.66. The Balaban J connectivity index is 1.96. The summed E-state index contributed by atoms with van der Waals surface area (Å²) in [5.41, 5.74) is 1.01. The summed E-state index contributed by atoms with van der Waals surface area (Å²) >= 11 is 0. The maximum absolute atomic E-state index is 14.6. The number of halogens is 1. The van der Waals surface area contributed by atoms with Crippen LogP contribution in [0.2, 0.25) is 0 Å². The van der Waals surface area contributed by atoms with Crippen molar-refractivity contribution in [2.45, 2.75) is 38.8 Å². The van der Waals surface area contributed by atoms with Gasteiger partial charge in [-0.1, -0.05) is 24.3 Å². The van der Waals surface area contributed by atoms with Crippen LogP contribution < -0.4 is 14.8 Å². The van der Waals surface area contributed by atoms with Crippen LogP contribution in [0.4, 0.5) is 9.18 Å². The first-order chi connectivity index (χ1) is 17.6. The maximum Gasteiger partial charge on any atom is 0.318 e. The number of hydrogen-bond acceptors (Lipinski definition) is 6. The Labute approximate surface area is 217 Å². The number of rotatable bonds is 9. The molecule has 0 aliphatic carbocycles. The van der Waals surface area contributed by atoms with E-state index >= 15 is 0 Å². The number of benzene rings is 2. The van der Waals surface area contributed by atoms with Crippen LogP contribution >= 0.6 is 0 Å². The molecule has 0 aromatic heterocycles. The molecule has 10 heteroatoms. The van der Waals surface area contributed by atoms with Crippen molar-refractivity contribution in [2.75, 3.05) is 41.0 Å². The fraction of sp³-hybridized carbons (Fsp3) is 0.444. The Morgan fingerprint density at radius 3 is 2.43 bits per heavy atom. The van der Waals surface area contributed by atoms with Crippen LogP contribution in [0.5, 0.6) is 11.5 Å². The van der Waals surface area contributed by atoms with E-state index in [-0.39, 0.29) is 26.1 Å². The molecule has 0 saturated carbocycles. The number of amides is 3. The van der Waals surface area contributed by atoms with E-state index in [4.69, 9.17) is 14.2 Å². The third kappa shape index (κ3) is 6.97. The van der Waals surface area contributed by atoms with Gasteiger partial charge in [-0.15, -0.1) is 0 Å². The van der Waals surface area contributed by atoms with Crippen molar-refractivity contribution in [3.05, 3.63) is 59.4 Å². The molecule has 1 heterocycles. The highest BCUT2D eigenvalue weighted by Crippen LogP contribution is 2.37. The van der Waals surface area contributed by atoms with Crippen molar-refractivity contribution in [1.82, 2.24) is 15.2 Å². The minimum Gasteiger partial charge on any atom is -0.493 e. The molecule has 3 amide bonds. The summed E-state index contributed by atoms with van der Waals surface area (Å²) in [7, 11) is 4.60. The van der Waals surface area contributed by atoms with E-state index in [9.17, 15) is 14.0 Å². The van der Waals surface area contributed by atoms with E-state index < -0.39 is 29.3 Å². The molecule has 37 heavy (non-hydrogen) atoms. The van der Waals surface area contributed by atoms with Gasteiger partial charge >= 0.3 is 6.03 Å². The predicted octanol–water partition coefficient (Wildman–Crippen LogP) is 3.98. The standard InChI is InChI=1S/C27H35FN4O5/c1-27(2,3)29-26(34)31(13-14-35-4)17-25(33)32-22(18-11-12-23(36-5)24(15-18)37-6)16-21(30-32)19-9-7-8-10-20(19)28/h7-12,15,22H,13-14,16-17H2,1-6H3,(H,29,34). The number of urea groups is 1. The maximum atomic E-state index is 14.6. The molecular weight excluding hydrogens is 479 g/mol. The zero-order chi connectivity index (χ0) is 27.2. The van der Waals surface area contributed by atoms with Gasteiger partial charge in [0.05, 0.1) is 32.6 Å². The first-order valence-corrected chi connectivity index (χ1v) is 12.0. The minimum atomic E-state index is -0.531. The zero-order valence-corrected chi connectivity index (χ0v) is 22.2. The van der Waals surface area contributed by atoms with Gasteiger partial charge < -0.3 is 24.4 Å². The molecule has 200 valence electrons. The van der Waals surface area contributed by atoms with Crippen LogP contribution in [0.3, 0.4) is 0 Å². The smallest absolute Gasteiger partial charge is 0.318 e. The normalized spacial score (nSPS) is 15.3. The van der Waals surface area contributed by atoms with Crippen LogP contribution in [0.15, 0.2) is 47.6 Å². The summed E-state index contributed by atoms with van der Waals surface area (Å²) in [6.45, 7) is 5.82. The summed E-state index contributed by atoms with van der Waals surface area (Å²) in [6.07, 6.45) is 0.286. The summed E-state index contributed by atoms with van der Waals surface area (Å²) in [6, 6.07) is 10.7. The minimum absolute atomic E-state index is 0.211. The molecule has 1 aliphatic rings. The van der Waals surface area contributed by atoms with Crippen LogP contribution in [0.25, 0.3) is 0 Å². The van der Waals surface area contributed by atoms with Gasteiger partial charge in [-0.05, 0) is 44.5 Å². The lowest BCUT2D eigenvalue weighted by molar-refractivity contribution is -0.133. The second kappa shape index (κ2) is 12.1. The van der Waals surface area contributed by atoms with E-state index in [1.807, 2.05) is 26.8 Å². The first-order valence-electron chi connectivity index (χ1n) is 12.0. The van der Waals surface area contributed by atoms with Crippen LogP contribution in [-0.4, -0.2) is 74.1 Å². The molecule has 1 atom stereocenters. The van der Waals surface area contributed by atoms with Gasteiger partial charge in [0.2, 0.25) is 0 Å². The largest absolute Gasteiger partial charge is 0.493 e. The zero-order valence-electron chi connectivity index (χ0n) is 22.2. The second-order valence-electron chi connectivity index (χ2n) is 9.69. The van der Waals surface area contributed by atoms with Crippen molar-refractivity contribution < 1.29 is 28.2 Å². The predicted molar refractivity (Wildman–Crippen MR) is 138 cm³/mol. The summed E-state index contributed by atoms with van der Waals surface area (Å²) in [5.74, 6) is 0.208. The monoisotopic (exact) mass is 514 g/mol. The molecule has 0 spiro atoms. The third-order valence-electron chi connectivity index (χ3n) is 5.80. The summed E-state index contributed by atoms with van der Waals surface area (Å²) < 4.78 is 30.6. The quantitative estimate of drug-likeness (QED) is 0.547. The Bertz CT molecular complexity index is 1150. The number of carbonyl (C=O) groups is 2. The van der Waals surface area contributed by atoms with Gasteiger partial charge in [-0.3, -0.25) is 4.79 Å². The van der Waals surface area contributed by atoms with Gasteiger partial charge in [0.25, 0.3) is 5.91 Å². The fourth-order valence-electron chi connectivity index (χ4n) is 4.01. The van der Waals surface area contributed by atoms with Crippen molar-refractivity contribution >= 4 is 17.6 Å². The molecule has 3 rings (SSSR count). The van der Waals surface area contributed by atoms with Crippen molar-refractivity contribution in [1.29, 1.82) is 0 Å². The molecule has 1 N–H and O–H groups in total. The molecule has 0 radical (unpaired) electrons. The van der Waals surface area contributed by atoms with E-state index in [0.29, 0.717) is 22.8 Å². The number of nitrogens with zero attached hydrogens (tertiary/aromatic N) is 3. The average Bonchev–Trinajstić information content (AvgIpc) is 3.30. The van der Waals surface area contributed by atoms with Crippen LogP contribution in [0, 0.1) is 5.82 Å². The molecule has 0 saturated heterocycles. The lowest BCUT2D eigenvalue weighted by Crippen LogP contribution is -2.52. The highest BCUT2D eigenvalue weighted by Gasteiger charge is 2.36. The van der Waals surface area contributed by atoms with Crippen molar-refractivity contribution in [2.24, 2.45) is 5.10 Å². The molecule has 0 fully saturated rings. The Kier molecular flexibility index (Phi) is 9.09. The topological polar surface area (TPSA) is 92.7 Å². The van der Waals surface area contributed by atoms with E-state index in [1.165, 1.54) is 30.2 Å². The third-order valence-corrected chi connectivity index (χ3v) is 5.80. The van der Waals surface area contributed by atoms with Gasteiger partial charge in [0, 0.05) is 31.2 Å². The first kappa shape index (κ1) is 27.9. The number of hydrazone groups is 1. The van der Waals surface area contributed by atoms with E-state index in [1.54, 1.807) is 37.4 Å². The number of ether oxygens (including phenoxy) is 3.